The van der Waals surface area contributed by atoms with Crippen molar-refractivity contribution in [3.8, 4) is 66.8 Å². The Morgan fingerprint density at radius 1 is 0.348 bits per heavy atom. The third kappa shape index (κ3) is 5.64. The molecule has 0 saturated heterocycles. The Morgan fingerprint density at radius 3 is 1.44 bits per heavy atom. The van der Waals surface area contributed by atoms with Gasteiger partial charge in [-0.2, -0.15) is 0 Å². The van der Waals surface area contributed by atoms with Crippen LogP contribution in [-0.2, 0) is 16.2 Å². The van der Waals surface area contributed by atoms with Gasteiger partial charge >= 0.3 is 0 Å². The van der Waals surface area contributed by atoms with Gasteiger partial charge in [-0.15, -0.1) is 0 Å². The van der Waals surface area contributed by atoms with Crippen molar-refractivity contribution in [2.75, 3.05) is 0 Å². The van der Waals surface area contributed by atoms with Gasteiger partial charge in [-0.25, -0.2) is 0 Å². The monoisotopic (exact) mass is 846 g/mol. The molecule has 66 heavy (non-hydrogen) atoms. The molecule has 9 aromatic carbocycles. The van der Waals surface area contributed by atoms with E-state index in [-0.39, 0.29) is 16.2 Å². The highest BCUT2D eigenvalue weighted by Gasteiger charge is 2.39. The van der Waals surface area contributed by atoms with E-state index in [4.69, 9.17) is 0 Å². The van der Waals surface area contributed by atoms with Crippen LogP contribution in [0.2, 0.25) is 0 Å². The van der Waals surface area contributed by atoms with Crippen LogP contribution in [0.15, 0.2) is 200 Å². The van der Waals surface area contributed by atoms with Crippen LogP contribution in [0.25, 0.3) is 93.9 Å². The Balaban J connectivity index is 1.19. The molecule has 3 aliphatic carbocycles. The highest BCUT2D eigenvalue weighted by atomic mass is 14.4. The van der Waals surface area contributed by atoms with Crippen molar-refractivity contribution in [2.45, 2.75) is 64.7 Å². The van der Waals surface area contributed by atoms with Crippen molar-refractivity contribution in [3.05, 3.63) is 234 Å². The summed E-state index contributed by atoms with van der Waals surface area (Å²) in [5.74, 6) is 0. The molecule has 0 heteroatoms. The summed E-state index contributed by atoms with van der Waals surface area (Å²) in [6.45, 7) is 20.8. The average Bonchev–Trinajstić information content (AvgIpc) is 3.81. The van der Waals surface area contributed by atoms with Gasteiger partial charge in [0.15, 0.2) is 0 Å². The second-order valence-corrected chi connectivity index (χ2v) is 20.4. The number of allylic oxidation sites excluding steroid dienone is 5. The Hall–Kier alpha value is -7.28. The summed E-state index contributed by atoms with van der Waals surface area (Å²) in [6.07, 6.45) is 6.49. The molecule has 0 N–H and O–H groups in total. The zero-order valence-corrected chi connectivity index (χ0v) is 39.1. The summed E-state index contributed by atoms with van der Waals surface area (Å²) < 4.78 is 0. The average molecular weight is 847 g/mol. The van der Waals surface area contributed by atoms with Gasteiger partial charge in [-0.05, 0) is 170 Å². The first-order valence-corrected chi connectivity index (χ1v) is 23.7. The van der Waals surface area contributed by atoms with Crippen LogP contribution in [0, 0.1) is 0 Å². The molecular weight excluding hydrogens is 793 g/mol. The first kappa shape index (κ1) is 40.2. The first-order chi connectivity index (χ1) is 31.9. The first-order valence-electron chi connectivity index (χ1n) is 23.7. The van der Waals surface area contributed by atoms with Crippen LogP contribution in [0.3, 0.4) is 0 Å². The lowest BCUT2D eigenvalue weighted by atomic mass is 9.77. The zero-order chi connectivity index (χ0) is 45.3. The lowest BCUT2D eigenvalue weighted by molar-refractivity contribution is 0.655. The minimum Gasteiger partial charge on any atom is -0.0987 e. The normalized spacial score (nSPS) is 15.8. The van der Waals surface area contributed by atoms with Crippen molar-refractivity contribution in [2.24, 2.45) is 0 Å². The minimum absolute atomic E-state index is 0.134. The lowest BCUT2D eigenvalue weighted by Gasteiger charge is -2.26. The molecule has 0 atom stereocenters. The Kier molecular flexibility index (Phi) is 8.76. The van der Waals surface area contributed by atoms with Crippen LogP contribution >= 0.6 is 0 Å². The van der Waals surface area contributed by atoms with E-state index < -0.39 is 0 Å². The van der Waals surface area contributed by atoms with Gasteiger partial charge in [0.05, 0.1) is 0 Å². The quantitative estimate of drug-likeness (QED) is 0.146. The highest BCUT2D eigenvalue weighted by molar-refractivity contribution is 6.23. The van der Waals surface area contributed by atoms with Crippen molar-refractivity contribution >= 4 is 27.1 Å². The molecule has 0 heterocycles. The van der Waals surface area contributed by atoms with Gasteiger partial charge in [-0.1, -0.05) is 206 Å². The second-order valence-electron chi connectivity index (χ2n) is 20.4. The lowest BCUT2D eigenvalue weighted by Crippen LogP contribution is -2.16. The summed E-state index contributed by atoms with van der Waals surface area (Å²) in [5.41, 5.74) is 25.5. The summed E-state index contributed by atoms with van der Waals surface area (Å²) in [4.78, 5) is 0. The SMILES string of the molecule is C=CC1=C(/C=C\C)c2ccc(-c3c4ccc(-c5ccc(-c6ccccc6)cc5)cc4c(-c4ccc5c(c4)C(C)(C)c4ccccc4-5)c4cc5c(cc34)-c3ccccc3C5(C)C)cc2C1(C)C. The number of benzene rings is 9. The predicted molar refractivity (Wildman–Crippen MR) is 283 cm³/mol. The maximum atomic E-state index is 4.32. The smallest absolute Gasteiger partial charge is 0.0159 e. The fourth-order valence-corrected chi connectivity index (χ4v) is 12.4. The molecule has 0 fully saturated rings. The molecule has 0 saturated carbocycles. The third-order valence-corrected chi connectivity index (χ3v) is 15.8. The molecule has 3 aliphatic rings. The zero-order valence-electron chi connectivity index (χ0n) is 39.1. The van der Waals surface area contributed by atoms with Crippen LogP contribution < -0.4 is 0 Å². The van der Waals surface area contributed by atoms with E-state index >= 15 is 0 Å². The summed E-state index contributed by atoms with van der Waals surface area (Å²) in [7, 11) is 0. The molecule has 0 aromatic heterocycles. The highest BCUT2D eigenvalue weighted by Crippen LogP contribution is 2.56. The predicted octanol–water partition coefficient (Wildman–Crippen LogP) is 18.1. The summed E-state index contributed by atoms with van der Waals surface area (Å²) in [6, 6.07) is 64.9. The summed E-state index contributed by atoms with van der Waals surface area (Å²) in [5, 5.41) is 5.11. The molecule has 0 radical (unpaired) electrons. The number of hydrogen-bond acceptors (Lipinski definition) is 0. The Labute approximate surface area is 390 Å². The molecule has 318 valence electrons. The van der Waals surface area contributed by atoms with Crippen LogP contribution in [0.5, 0.6) is 0 Å². The van der Waals surface area contributed by atoms with Crippen molar-refractivity contribution in [1.29, 1.82) is 0 Å². The Bertz CT molecular complexity index is 3600. The van der Waals surface area contributed by atoms with E-state index in [1.807, 2.05) is 0 Å². The maximum Gasteiger partial charge on any atom is 0.0159 e. The molecule has 12 rings (SSSR count). The van der Waals surface area contributed by atoms with E-state index in [1.165, 1.54) is 133 Å². The molecule has 0 spiro atoms. The summed E-state index contributed by atoms with van der Waals surface area (Å²) >= 11 is 0. The molecule has 0 aliphatic heterocycles. The molecule has 0 amide bonds. The van der Waals surface area contributed by atoms with Crippen LogP contribution in [0.1, 0.15) is 81.8 Å². The standard InChI is InChI=1S/C66H54/c1-9-18-46-49-32-30-44(36-59(49)64(3,4)56(46)10-2)62-51-34-29-43(42-27-25-41(26-28-42)40-19-12-11-13-20-40)35-53(51)63(45-31-33-50-47-21-14-16-23-57(47)65(5,6)60(50)37-45)55-39-61-52(38-54(55)62)48-22-15-17-24-58(48)66(61,7)8/h9-39H,2H2,1,3-8H3/b18-9-. The van der Waals surface area contributed by atoms with E-state index in [9.17, 15) is 0 Å². The van der Waals surface area contributed by atoms with Gasteiger partial charge < -0.3 is 0 Å². The number of fused-ring (bicyclic) bond motifs is 9. The molecule has 0 bridgehead atoms. The van der Waals surface area contributed by atoms with Gasteiger partial charge in [0, 0.05) is 16.2 Å². The van der Waals surface area contributed by atoms with E-state index in [0.717, 1.165) is 0 Å². The van der Waals surface area contributed by atoms with E-state index in [0.29, 0.717) is 0 Å². The van der Waals surface area contributed by atoms with Crippen molar-refractivity contribution < 1.29 is 0 Å². The fourth-order valence-electron chi connectivity index (χ4n) is 12.4. The number of rotatable bonds is 6. The van der Waals surface area contributed by atoms with Gasteiger partial charge in [-0.3, -0.25) is 0 Å². The number of hydrogen-bond donors (Lipinski definition) is 0. The molecule has 0 unspecified atom stereocenters. The van der Waals surface area contributed by atoms with Gasteiger partial charge in [0.1, 0.15) is 0 Å². The molecule has 0 nitrogen and oxygen atoms in total. The van der Waals surface area contributed by atoms with Gasteiger partial charge in [0.25, 0.3) is 0 Å². The largest absolute Gasteiger partial charge is 0.0987 e. The van der Waals surface area contributed by atoms with E-state index in [1.54, 1.807) is 0 Å². The van der Waals surface area contributed by atoms with Crippen LogP contribution in [-0.4, -0.2) is 0 Å². The van der Waals surface area contributed by atoms with Crippen LogP contribution in [0.4, 0.5) is 0 Å². The molecule has 9 aromatic rings. The minimum atomic E-state index is -0.203. The second kappa shape index (κ2) is 14.4. The van der Waals surface area contributed by atoms with Crippen molar-refractivity contribution in [1.82, 2.24) is 0 Å². The Morgan fingerprint density at radius 2 is 0.803 bits per heavy atom. The van der Waals surface area contributed by atoms with Gasteiger partial charge in [0.2, 0.25) is 0 Å². The topological polar surface area (TPSA) is 0 Å². The van der Waals surface area contributed by atoms with Crippen molar-refractivity contribution in [3.63, 3.8) is 0 Å². The van der Waals surface area contributed by atoms with E-state index in [2.05, 4.69) is 243 Å². The third-order valence-electron chi connectivity index (χ3n) is 15.8. The fraction of sp³-hybridized carbons (Fsp3) is 0.152. The molecular formula is C66H54. The maximum absolute atomic E-state index is 4.32.